The molecular weight excluding hydrogens is 284 g/mol. The molecule has 0 aliphatic rings. The van der Waals surface area contributed by atoms with Gasteiger partial charge in [0.05, 0.1) is 17.3 Å². The molecule has 6 nitrogen and oxygen atoms in total. The third-order valence-electron chi connectivity index (χ3n) is 2.59. The van der Waals surface area contributed by atoms with Gasteiger partial charge < -0.3 is 20.1 Å². The minimum atomic E-state index is -1.19. The molecule has 0 bridgehead atoms. The first kappa shape index (κ1) is 16.3. The van der Waals surface area contributed by atoms with Gasteiger partial charge in [-0.1, -0.05) is 17.7 Å². The molecule has 0 radical (unpaired) electrons. The zero-order valence-electron chi connectivity index (χ0n) is 11.4. The van der Waals surface area contributed by atoms with Crippen molar-refractivity contribution in [2.45, 2.75) is 6.92 Å². The van der Waals surface area contributed by atoms with Crippen molar-refractivity contribution in [2.75, 3.05) is 32.1 Å². The number of nitrogens with zero attached hydrogens (tertiary/aromatic N) is 1. The summed E-state index contributed by atoms with van der Waals surface area (Å²) in [4.78, 5) is 24.5. The van der Waals surface area contributed by atoms with Gasteiger partial charge in [-0.2, -0.15) is 0 Å². The summed E-state index contributed by atoms with van der Waals surface area (Å²) in [6.45, 7) is 3.27. The van der Waals surface area contributed by atoms with E-state index in [-0.39, 0.29) is 16.3 Å². The van der Waals surface area contributed by atoms with Crippen LogP contribution in [0.25, 0.3) is 0 Å². The van der Waals surface area contributed by atoms with Crippen molar-refractivity contribution in [2.24, 2.45) is 0 Å². The molecule has 2 amide bonds. The number of ether oxygens (including phenoxy) is 1. The third kappa shape index (κ3) is 4.40. The number of amides is 2. The molecule has 1 aromatic carbocycles. The van der Waals surface area contributed by atoms with Crippen LogP contribution in [-0.4, -0.2) is 48.8 Å². The van der Waals surface area contributed by atoms with Crippen molar-refractivity contribution in [3.05, 3.63) is 28.8 Å². The van der Waals surface area contributed by atoms with Gasteiger partial charge in [-0.05, 0) is 19.1 Å². The summed E-state index contributed by atoms with van der Waals surface area (Å²) in [5.74, 6) is -1.19. The molecular formula is C13H17ClN2O4. The lowest BCUT2D eigenvalue weighted by atomic mass is 10.2. The normalized spacial score (nSPS) is 10.2. The van der Waals surface area contributed by atoms with Crippen LogP contribution < -0.4 is 5.32 Å². The van der Waals surface area contributed by atoms with Crippen LogP contribution in [-0.2, 0) is 4.74 Å². The van der Waals surface area contributed by atoms with Crippen LogP contribution in [0.3, 0.4) is 0 Å². The van der Waals surface area contributed by atoms with Gasteiger partial charge in [0.15, 0.2) is 0 Å². The molecule has 2 N–H and O–H groups in total. The molecule has 1 rings (SSSR count). The van der Waals surface area contributed by atoms with Gasteiger partial charge in [0.2, 0.25) is 0 Å². The maximum atomic E-state index is 11.9. The standard InChI is InChI=1S/C13H17ClN2O4/c1-3-20-8-7-16(2)13(19)15-10-6-4-5-9(14)11(10)12(17)18/h4-6H,3,7-8H2,1-2H3,(H,15,19)(H,17,18). The molecule has 0 fully saturated rings. The van der Waals surface area contributed by atoms with Crippen LogP contribution in [0.5, 0.6) is 0 Å². The van der Waals surface area contributed by atoms with E-state index in [9.17, 15) is 9.59 Å². The minimum absolute atomic E-state index is 0.0762. The lowest BCUT2D eigenvalue weighted by molar-refractivity contribution is 0.0698. The molecule has 0 saturated heterocycles. The molecule has 110 valence electrons. The van der Waals surface area contributed by atoms with Crippen LogP contribution in [0, 0.1) is 0 Å². The number of carbonyl (C=O) groups is 2. The second-order valence-electron chi connectivity index (χ2n) is 4.02. The Bertz CT molecular complexity index is 493. The van der Waals surface area contributed by atoms with Crippen molar-refractivity contribution < 1.29 is 19.4 Å². The summed E-state index contributed by atoms with van der Waals surface area (Å²) in [6.07, 6.45) is 0. The molecule has 0 aromatic heterocycles. The first-order valence-corrected chi connectivity index (χ1v) is 6.46. The highest BCUT2D eigenvalue weighted by molar-refractivity contribution is 6.34. The Hall–Kier alpha value is -1.79. The Morgan fingerprint density at radius 2 is 2.15 bits per heavy atom. The number of benzene rings is 1. The minimum Gasteiger partial charge on any atom is -0.478 e. The van der Waals surface area contributed by atoms with Crippen LogP contribution in [0.15, 0.2) is 18.2 Å². The smallest absolute Gasteiger partial charge is 0.339 e. The summed E-state index contributed by atoms with van der Waals surface area (Å²) in [7, 11) is 1.60. The molecule has 7 heteroatoms. The maximum Gasteiger partial charge on any atom is 0.339 e. The van der Waals surface area contributed by atoms with Gasteiger partial charge in [0.1, 0.15) is 5.56 Å². The number of nitrogens with one attached hydrogen (secondary N) is 1. The number of halogens is 1. The Labute approximate surface area is 122 Å². The number of carboxylic acids is 1. The first-order valence-electron chi connectivity index (χ1n) is 6.09. The average molecular weight is 301 g/mol. The number of carboxylic acid groups (broad SMARTS) is 1. The van der Waals surface area contributed by atoms with E-state index >= 15 is 0 Å². The van der Waals surface area contributed by atoms with E-state index in [1.807, 2.05) is 6.92 Å². The number of carbonyl (C=O) groups excluding carboxylic acids is 1. The summed E-state index contributed by atoms with van der Waals surface area (Å²) < 4.78 is 5.15. The SMILES string of the molecule is CCOCCN(C)C(=O)Nc1cccc(Cl)c1C(=O)O. The van der Waals surface area contributed by atoms with Crippen molar-refractivity contribution in [1.29, 1.82) is 0 Å². The quantitative estimate of drug-likeness (QED) is 0.791. The summed E-state index contributed by atoms with van der Waals surface area (Å²) in [6, 6.07) is 4.10. The van der Waals surface area contributed by atoms with Gasteiger partial charge in [-0.3, -0.25) is 0 Å². The predicted octanol–water partition coefficient (Wildman–Crippen LogP) is 2.54. The zero-order valence-corrected chi connectivity index (χ0v) is 12.1. The highest BCUT2D eigenvalue weighted by Gasteiger charge is 2.17. The molecule has 0 heterocycles. The topological polar surface area (TPSA) is 78.9 Å². The molecule has 0 saturated carbocycles. The van der Waals surface area contributed by atoms with Crippen molar-refractivity contribution in [3.63, 3.8) is 0 Å². The Morgan fingerprint density at radius 3 is 2.75 bits per heavy atom. The largest absolute Gasteiger partial charge is 0.478 e. The van der Waals surface area contributed by atoms with Crippen LogP contribution in [0.4, 0.5) is 10.5 Å². The van der Waals surface area contributed by atoms with E-state index in [1.165, 1.54) is 17.0 Å². The highest BCUT2D eigenvalue weighted by Crippen LogP contribution is 2.24. The van der Waals surface area contributed by atoms with E-state index in [1.54, 1.807) is 13.1 Å². The van der Waals surface area contributed by atoms with Gasteiger partial charge in [0, 0.05) is 20.2 Å². The fourth-order valence-corrected chi connectivity index (χ4v) is 1.76. The number of anilines is 1. The number of hydrogen-bond acceptors (Lipinski definition) is 3. The van der Waals surface area contributed by atoms with Crippen molar-refractivity contribution in [1.82, 2.24) is 4.90 Å². The average Bonchev–Trinajstić information content (AvgIpc) is 2.38. The summed E-state index contributed by atoms with van der Waals surface area (Å²) in [5, 5.41) is 11.7. The first-order chi connectivity index (χ1) is 9.47. The number of hydrogen-bond donors (Lipinski definition) is 2. The van der Waals surface area contributed by atoms with Crippen LogP contribution in [0.2, 0.25) is 5.02 Å². The van der Waals surface area contributed by atoms with Crippen molar-refractivity contribution >= 4 is 29.3 Å². The Morgan fingerprint density at radius 1 is 1.45 bits per heavy atom. The second kappa shape index (κ2) is 7.72. The van der Waals surface area contributed by atoms with E-state index < -0.39 is 12.0 Å². The Balaban J connectivity index is 2.75. The zero-order chi connectivity index (χ0) is 15.1. The highest BCUT2D eigenvalue weighted by atomic mass is 35.5. The van der Waals surface area contributed by atoms with E-state index in [0.29, 0.717) is 19.8 Å². The van der Waals surface area contributed by atoms with E-state index in [0.717, 1.165) is 0 Å². The molecule has 0 spiro atoms. The monoisotopic (exact) mass is 300 g/mol. The predicted molar refractivity (Wildman–Crippen MR) is 76.6 cm³/mol. The molecule has 0 unspecified atom stereocenters. The number of urea groups is 1. The third-order valence-corrected chi connectivity index (χ3v) is 2.91. The summed E-state index contributed by atoms with van der Waals surface area (Å²) >= 11 is 5.82. The molecule has 1 aromatic rings. The van der Waals surface area contributed by atoms with Crippen LogP contribution >= 0.6 is 11.6 Å². The fraction of sp³-hybridized carbons (Fsp3) is 0.385. The van der Waals surface area contributed by atoms with Crippen LogP contribution in [0.1, 0.15) is 17.3 Å². The molecule has 0 aliphatic carbocycles. The number of likely N-dealkylation sites (N-methyl/N-ethyl adjacent to an activating group) is 1. The number of aromatic carboxylic acids is 1. The van der Waals surface area contributed by atoms with Gasteiger partial charge in [-0.15, -0.1) is 0 Å². The molecule has 0 atom stereocenters. The lowest BCUT2D eigenvalue weighted by Gasteiger charge is -2.18. The molecule has 0 aliphatic heterocycles. The lowest BCUT2D eigenvalue weighted by Crippen LogP contribution is -2.34. The summed E-state index contributed by atoms with van der Waals surface area (Å²) in [5.41, 5.74) is 0.0407. The van der Waals surface area contributed by atoms with Crippen molar-refractivity contribution in [3.8, 4) is 0 Å². The van der Waals surface area contributed by atoms with Gasteiger partial charge >= 0.3 is 12.0 Å². The number of rotatable bonds is 6. The molecule has 20 heavy (non-hydrogen) atoms. The Kier molecular flexibility index (Phi) is 6.27. The van der Waals surface area contributed by atoms with Gasteiger partial charge in [0.25, 0.3) is 0 Å². The maximum absolute atomic E-state index is 11.9. The van der Waals surface area contributed by atoms with Gasteiger partial charge in [-0.25, -0.2) is 9.59 Å². The fourth-order valence-electron chi connectivity index (χ4n) is 1.50. The second-order valence-corrected chi connectivity index (χ2v) is 4.42. The van der Waals surface area contributed by atoms with E-state index in [4.69, 9.17) is 21.4 Å². The van der Waals surface area contributed by atoms with E-state index in [2.05, 4.69) is 5.32 Å².